The van der Waals surface area contributed by atoms with Gasteiger partial charge in [-0.15, -0.1) is 0 Å². The molecule has 2 nitrogen and oxygen atoms in total. The summed E-state index contributed by atoms with van der Waals surface area (Å²) in [5.74, 6) is 0.968. The maximum atomic E-state index is 6.03. The summed E-state index contributed by atoms with van der Waals surface area (Å²) in [7, 11) is 6.86. The number of quaternary nitrogens is 1. The fourth-order valence-corrected chi connectivity index (χ4v) is 6.06. The summed E-state index contributed by atoms with van der Waals surface area (Å²) in [5, 5.41) is 7.98. The van der Waals surface area contributed by atoms with Gasteiger partial charge in [-0.05, 0) is 74.8 Å². The molecule has 5 rings (SSSR count). The van der Waals surface area contributed by atoms with Gasteiger partial charge in [-0.3, -0.25) is 0 Å². The third kappa shape index (κ3) is 8.11. The summed E-state index contributed by atoms with van der Waals surface area (Å²) in [4.78, 5) is 0. The maximum absolute atomic E-state index is 6.03. The molecule has 0 aliphatic rings. The van der Waals surface area contributed by atoms with Gasteiger partial charge < -0.3 is 9.22 Å². The van der Waals surface area contributed by atoms with E-state index in [1.807, 2.05) is 0 Å². The first-order valence-corrected chi connectivity index (χ1v) is 15.9. The standard InChI is InChI=1S/C39H48NO/c1-40(2,3)29-12-10-8-6-4-5-7-9-11-13-30-41-36-26-18-31(19-27-36)17-20-32-21-22-35-24-23-33-15-14-16-34-25-28-37(32)39(35)38(33)34/h14-28H,4-13,29-30H2,1-3H3/q+1/b20-17+. The van der Waals surface area contributed by atoms with Crippen molar-refractivity contribution >= 4 is 44.5 Å². The van der Waals surface area contributed by atoms with E-state index < -0.39 is 0 Å². The third-order valence-electron chi connectivity index (χ3n) is 8.39. The van der Waals surface area contributed by atoms with E-state index in [-0.39, 0.29) is 0 Å². The lowest BCUT2D eigenvalue weighted by molar-refractivity contribution is -0.870. The Morgan fingerprint density at radius 2 is 1.10 bits per heavy atom. The van der Waals surface area contributed by atoms with E-state index in [1.165, 1.54) is 108 Å². The monoisotopic (exact) mass is 546 g/mol. The molecule has 2 heteroatoms. The van der Waals surface area contributed by atoms with E-state index in [0.29, 0.717) is 0 Å². The molecule has 214 valence electrons. The van der Waals surface area contributed by atoms with Crippen LogP contribution in [0.4, 0.5) is 0 Å². The van der Waals surface area contributed by atoms with Crippen LogP contribution >= 0.6 is 0 Å². The molecule has 0 saturated carbocycles. The summed E-state index contributed by atoms with van der Waals surface area (Å²) in [6.07, 6.45) is 17.9. The minimum atomic E-state index is 0.810. The molecule has 0 fully saturated rings. The van der Waals surface area contributed by atoms with Gasteiger partial charge in [-0.2, -0.15) is 0 Å². The lowest BCUT2D eigenvalue weighted by atomic mass is 9.92. The second-order valence-corrected chi connectivity index (χ2v) is 12.8. The van der Waals surface area contributed by atoms with Crippen molar-refractivity contribution < 1.29 is 9.22 Å². The van der Waals surface area contributed by atoms with Gasteiger partial charge in [0.2, 0.25) is 0 Å². The van der Waals surface area contributed by atoms with Crippen LogP contribution in [0, 0.1) is 0 Å². The molecule has 0 unspecified atom stereocenters. The predicted molar refractivity (Wildman–Crippen MR) is 180 cm³/mol. The van der Waals surface area contributed by atoms with Crippen molar-refractivity contribution in [2.24, 2.45) is 0 Å². The summed E-state index contributed by atoms with van der Waals surface area (Å²) in [6.45, 7) is 2.11. The molecular formula is C39H48NO+. The Morgan fingerprint density at radius 3 is 1.76 bits per heavy atom. The number of hydrogen-bond acceptors (Lipinski definition) is 1. The van der Waals surface area contributed by atoms with Crippen molar-refractivity contribution in [3.63, 3.8) is 0 Å². The lowest BCUT2D eigenvalue weighted by Gasteiger charge is -2.23. The lowest BCUT2D eigenvalue weighted by Crippen LogP contribution is -2.35. The molecule has 5 aromatic carbocycles. The average Bonchev–Trinajstić information content (AvgIpc) is 2.97. The number of rotatable bonds is 16. The second-order valence-electron chi connectivity index (χ2n) is 12.8. The molecule has 0 bridgehead atoms. The molecular weight excluding hydrogens is 498 g/mol. The number of ether oxygens (including phenoxy) is 1. The smallest absolute Gasteiger partial charge is 0.119 e. The third-order valence-corrected chi connectivity index (χ3v) is 8.39. The Kier molecular flexibility index (Phi) is 9.96. The first-order chi connectivity index (χ1) is 20.0. The molecule has 0 heterocycles. The average molecular weight is 547 g/mol. The minimum absolute atomic E-state index is 0.810. The number of unbranched alkanes of at least 4 members (excludes halogenated alkanes) is 9. The van der Waals surface area contributed by atoms with Gasteiger partial charge in [-0.25, -0.2) is 0 Å². The normalized spacial score (nSPS) is 12.4. The SMILES string of the molecule is C[N+](C)(C)CCCCCCCCCCCCOc1ccc(/C=C/c2ccc3ccc4cccc5ccc2c3c45)cc1. The Bertz CT molecular complexity index is 1520. The van der Waals surface area contributed by atoms with Crippen LogP contribution in [0.1, 0.15) is 75.3 Å². The molecule has 41 heavy (non-hydrogen) atoms. The molecule has 0 aliphatic carbocycles. The number of hydrogen-bond donors (Lipinski definition) is 0. The van der Waals surface area contributed by atoms with Crippen molar-refractivity contribution in [2.75, 3.05) is 34.3 Å². The highest BCUT2D eigenvalue weighted by atomic mass is 16.5. The summed E-state index contributed by atoms with van der Waals surface area (Å²) in [6, 6.07) is 28.6. The molecule has 0 spiro atoms. The Morgan fingerprint density at radius 1 is 0.537 bits per heavy atom. The predicted octanol–water partition coefficient (Wildman–Crippen LogP) is 10.7. The van der Waals surface area contributed by atoms with Gasteiger partial charge in [0.05, 0.1) is 34.3 Å². The number of benzene rings is 5. The van der Waals surface area contributed by atoms with Crippen LogP contribution in [-0.2, 0) is 0 Å². The van der Waals surface area contributed by atoms with Crippen LogP contribution in [0.25, 0.3) is 44.5 Å². The zero-order valence-electron chi connectivity index (χ0n) is 25.5. The molecule has 5 aromatic rings. The highest BCUT2D eigenvalue weighted by molar-refractivity contribution is 6.24. The van der Waals surface area contributed by atoms with E-state index in [0.717, 1.165) is 23.3 Å². The second kappa shape index (κ2) is 14.0. The fourth-order valence-electron chi connectivity index (χ4n) is 6.06. The van der Waals surface area contributed by atoms with Gasteiger partial charge in [0.15, 0.2) is 0 Å². The molecule has 0 saturated heterocycles. The summed E-state index contributed by atoms with van der Waals surface area (Å²) >= 11 is 0. The van der Waals surface area contributed by atoms with E-state index in [9.17, 15) is 0 Å². The summed E-state index contributed by atoms with van der Waals surface area (Å²) < 4.78 is 7.12. The Balaban J connectivity index is 1.02. The van der Waals surface area contributed by atoms with Crippen LogP contribution in [0.2, 0.25) is 0 Å². The first kappa shape index (κ1) is 29.1. The molecule has 0 N–H and O–H groups in total. The van der Waals surface area contributed by atoms with Gasteiger partial charge >= 0.3 is 0 Å². The Labute approximate surface area is 247 Å². The van der Waals surface area contributed by atoms with Crippen LogP contribution in [0.15, 0.2) is 78.9 Å². The van der Waals surface area contributed by atoms with Crippen LogP contribution in [0.3, 0.4) is 0 Å². The van der Waals surface area contributed by atoms with Crippen LogP contribution in [-0.4, -0.2) is 38.8 Å². The molecule has 0 amide bonds. The van der Waals surface area contributed by atoms with Crippen LogP contribution < -0.4 is 4.74 Å². The first-order valence-electron chi connectivity index (χ1n) is 15.9. The van der Waals surface area contributed by atoms with E-state index in [2.05, 4.69) is 112 Å². The minimum Gasteiger partial charge on any atom is -0.494 e. The maximum Gasteiger partial charge on any atom is 0.119 e. The Hall–Kier alpha value is -3.36. The van der Waals surface area contributed by atoms with E-state index in [1.54, 1.807) is 0 Å². The topological polar surface area (TPSA) is 9.23 Å². The van der Waals surface area contributed by atoms with Gasteiger partial charge in [-0.1, -0.05) is 124 Å². The van der Waals surface area contributed by atoms with E-state index in [4.69, 9.17) is 4.74 Å². The fraction of sp³-hybridized carbons (Fsp3) is 0.385. The molecule has 0 aromatic heterocycles. The zero-order valence-corrected chi connectivity index (χ0v) is 25.5. The van der Waals surface area contributed by atoms with E-state index >= 15 is 0 Å². The largest absolute Gasteiger partial charge is 0.494 e. The highest BCUT2D eigenvalue weighted by Gasteiger charge is 2.09. The quantitative estimate of drug-likeness (QED) is 0.0517. The van der Waals surface area contributed by atoms with Gasteiger partial charge in [0.25, 0.3) is 0 Å². The molecule has 0 radical (unpaired) electrons. The highest BCUT2D eigenvalue weighted by Crippen LogP contribution is 2.36. The van der Waals surface area contributed by atoms with Crippen molar-refractivity contribution in [3.8, 4) is 5.75 Å². The zero-order chi connectivity index (χ0) is 28.5. The van der Waals surface area contributed by atoms with Gasteiger partial charge in [0, 0.05) is 0 Å². The van der Waals surface area contributed by atoms with Crippen LogP contribution in [0.5, 0.6) is 5.75 Å². The van der Waals surface area contributed by atoms with Gasteiger partial charge in [0.1, 0.15) is 5.75 Å². The van der Waals surface area contributed by atoms with Crippen molar-refractivity contribution in [1.82, 2.24) is 0 Å². The van der Waals surface area contributed by atoms with Crippen molar-refractivity contribution in [3.05, 3.63) is 90.0 Å². The van der Waals surface area contributed by atoms with Crippen molar-refractivity contribution in [1.29, 1.82) is 0 Å². The number of nitrogens with zero attached hydrogens (tertiary/aromatic N) is 1. The molecule has 0 atom stereocenters. The van der Waals surface area contributed by atoms with Crippen molar-refractivity contribution in [2.45, 2.75) is 64.2 Å². The summed E-state index contributed by atoms with van der Waals surface area (Å²) in [5.41, 5.74) is 2.45. The molecule has 0 aliphatic heterocycles.